The van der Waals surface area contributed by atoms with E-state index in [1.54, 1.807) is 6.92 Å². The maximum atomic E-state index is 11.6. The lowest BCUT2D eigenvalue weighted by Gasteiger charge is -2.22. The molecule has 0 aromatic carbocycles. The number of hydrogen-bond acceptors (Lipinski definition) is 4. The first-order valence-corrected chi connectivity index (χ1v) is 6.46. The highest BCUT2D eigenvalue weighted by Crippen LogP contribution is 2.15. The third kappa shape index (κ3) is 3.20. The Morgan fingerprint density at radius 3 is 2.27 bits per heavy atom. The molecule has 1 unspecified atom stereocenters. The molecule has 0 aromatic heterocycles. The fraction of sp³-hybridized carbons (Fsp3) is 0.778. The SMILES string of the molecule is CCC(C#N)NC(=O)C(C)(C)S(C)(=O)=O. The summed E-state index contributed by atoms with van der Waals surface area (Å²) in [5, 5.41) is 11.0. The third-order valence-corrected chi connectivity index (χ3v) is 4.38. The molecular weight excluding hydrogens is 216 g/mol. The maximum absolute atomic E-state index is 11.6. The number of nitrogens with one attached hydrogen (secondary N) is 1. The topological polar surface area (TPSA) is 87.0 Å². The fourth-order valence-corrected chi connectivity index (χ4v) is 1.12. The summed E-state index contributed by atoms with van der Waals surface area (Å²) in [4.78, 5) is 11.6. The van der Waals surface area contributed by atoms with Crippen molar-refractivity contribution in [2.75, 3.05) is 6.26 Å². The predicted molar refractivity (Wildman–Crippen MR) is 56.8 cm³/mol. The lowest BCUT2D eigenvalue weighted by Crippen LogP contribution is -2.50. The first-order chi connectivity index (χ1) is 6.66. The van der Waals surface area contributed by atoms with E-state index in [4.69, 9.17) is 5.26 Å². The van der Waals surface area contributed by atoms with Gasteiger partial charge in [0.15, 0.2) is 9.84 Å². The van der Waals surface area contributed by atoms with E-state index in [2.05, 4.69) is 5.32 Å². The van der Waals surface area contributed by atoms with Gasteiger partial charge in [-0.1, -0.05) is 6.92 Å². The summed E-state index contributed by atoms with van der Waals surface area (Å²) in [6.45, 7) is 4.38. The van der Waals surface area contributed by atoms with Crippen LogP contribution in [-0.2, 0) is 14.6 Å². The zero-order chi connectivity index (χ0) is 12.3. The van der Waals surface area contributed by atoms with Crippen LogP contribution >= 0.6 is 0 Å². The van der Waals surface area contributed by atoms with Crippen LogP contribution in [0.3, 0.4) is 0 Å². The Morgan fingerprint density at radius 2 is 2.00 bits per heavy atom. The van der Waals surface area contributed by atoms with Gasteiger partial charge < -0.3 is 5.32 Å². The molecule has 0 radical (unpaired) electrons. The highest BCUT2D eigenvalue weighted by molar-refractivity contribution is 7.92. The molecule has 1 N–H and O–H groups in total. The first-order valence-electron chi connectivity index (χ1n) is 4.57. The molecule has 0 spiro atoms. The van der Waals surface area contributed by atoms with E-state index in [1.807, 2.05) is 6.07 Å². The van der Waals surface area contributed by atoms with Crippen molar-refractivity contribution in [3.63, 3.8) is 0 Å². The Kier molecular flexibility index (Phi) is 4.28. The molecule has 1 atom stereocenters. The average Bonchev–Trinajstić information content (AvgIpc) is 2.11. The summed E-state index contributed by atoms with van der Waals surface area (Å²) in [5.74, 6) is -0.640. The molecule has 0 aliphatic rings. The molecule has 0 aliphatic heterocycles. The standard InChI is InChI=1S/C9H16N2O3S/c1-5-7(6-10)11-8(12)9(2,3)15(4,13)14/h7H,5H2,1-4H3,(H,11,12). The van der Waals surface area contributed by atoms with Crippen LogP contribution < -0.4 is 5.32 Å². The van der Waals surface area contributed by atoms with Crippen LogP contribution in [0.5, 0.6) is 0 Å². The van der Waals surface area contributed by atoms with Crippen molar-refractivity contribution in [2.24, 2.45) is 0 Å². The van der Waals surface area contributed by atoms with Crippen LogP contribution in [0.4, 0.5) is 0 Å². The summed E-state index contributed by atoms with van der Waals surface area (Å²) in [7, 11) is -3.49. The minimum atomic E-state index is -3.49. The minimum Gasteiger partial charge on any atom is -0.339 e. The molecule has 0 fully saturated rings. The average molecular weight is 232 g/mol. The van der Waals surface area contributed by atoms with Gasteiger partial charge in [-0.15, -0.1) is 0 Å². The van der Waals surface area contributed by atoms with E-state index in [1.165, 1.54) is 13.8 Å². The zero-order valence-corrected chi connectivity index (χ0v) is 10.2. The number of hydrogen-bond donors (Lipinski definition) is 1. The highest BCUT2D eigenvalue weighted by atomic mass is 32.2. The van der Waals surface area contributed by atoms with E-state index in [9.17, 15) is 13.2 Å². The second kappa shape index (κ2) is 4.62. The van der Waals surface area contributed by atoms with Gasteiger partial charge in [-0.05, 0) is 20.3 Å². The van der Waals surface area contributed by atoms with Crippen molar-refractivity contribution in [1.29, 1.82) is 5.26 Å². The highest BCUT2D eigenvalue weighted by Gasteiger charge is 2.39. The number of nitriles is 1. The molecule has 0 heterocycles. The van der Waals surface area contributed by atoms with Gasteiger partial charge >= 0.3 is 0 Å². The molecule has 0 aliphatic carbocycles. The largest absolute Gasteiger partial charge is 0.339 e. The molecule has 0 saturated carbocycles. The molecule has 1 amide bonds. The summed E-state index contributed by atoms with van der Waals surface area (Å²) in [6.07, 6.45) is 1.45. The normalized spacial score (nSPS) is 14.1. The lowest BCUT2D eigenvalue weighted by molar-refractivity contribution is -0.123. The van der Waals surface area contributed by atoms with E-state index < -0.39 is 26.5 Å². The van der Waals surface area contributed by atoms with Crippen LogP contribution in [0, 0.1) is 11.3 Å². The third-order valence-electron chi connectivity index (χ3n) is 2.34. The number of nitrogens with zero attached hydrogens (tertiary/aromatic N) is 1. The van der Waals surface area contributed by atoms with Crippen molar-refractivity contribution in [3.8, 4) is 6.07 Å². The summed E-state index contributed by atoms with van der Waals surface area (Å²) < 4.78 is 21.1. The fourth-order valence-electron chi connectivity index (χ4n) is 0.726. The Bertz CT molecular complexity index is 379. The summed E-state index contributed by atoms with van der Waals surface area (Å²) >= 11 is 0. The van der Waals surface area contributed by atoms with E-state index in [-0.39, 0.29) is 0 Å². The number of sulfone groups is 1. The monoisotopic (exact) mass is 232 g/mol. The van der Waals surface area contributed by atoms with Crippen LogP contribution in [0.2, 0.25) is 0 Å². The number of carbonyl (C=O) groups is 1. The van der Waals surface area contributed by atoms with E-state index in [0.717, 1.165) is 6.26 Å². The van der Waals surface area contributed by atoms with E-state index >= 15 is 0 Å². The molecule has 86 valence electrons. The predicted octanol–water partition coefficient (Wildman–Crippen LogP) is 0.228. The van der Waals surface area contributed by atoms with Crippen LogP contribution in [0.25, 0.3) is 0 Å². The quantitative estimate of drug-likeness (QED) is 0.751. The molecule has 0 aromatic rings. The number of rotatable bonds is 4. The Morgan fingerprint density at radius 1 is 1.53 bits per heavy atom. The van der Waals surface area contributed by atoms with Gasteiger partial charge in [0.05, 0.1) is 6.07 Å². The van der Waals surface area contributed by atoms with Crippen molar-refractivity contribution < 1.29 is 13.2 Å². The van der Waals surface area contributed by atoms with E-state index in [0.29, 0.717) is 6.42 Å². The number of carbonyl (C=O) groups excluding carboxylic acids is 1. The van der Waals surface area contributed by atoms with Gasteiger partial charge in [0.1, 0.15) is 10.8 Å². The maximum Gasteiger partial charge on any atom is 0.241 e. The van der Waals surface area contributed by atoms with Gasteiger partial charge in [-0.2, -0.15) is 5.26 Å². The Labute approximate surface area is 90.4 Å². The summed E-state index contributed by atoms with van der Waals surface area (Å²) in [5.41, 5.74) is 0. The molecule has 0 rings (SSSR count). The van der Waals surface area contributed by atoms with Crippen LogP contribution in [-0.4, -0.2) is 31.4 Å². The Hall–Kier alpha value is -1.09. The molecular formula is C9H16N2O3S. The number of amides is 1. The van der Waals surface area contributed by atoms with Crippen LogP contribution in [0.1, 0.15) is 27.2 Å². The van der Waals surface area contributed by atoms with Crippen molar-refractivity contribution in [3.05, 3.63) is 0 Å². The smallest absolute Gasteiger partial charge is 0.241 e. The minimum absolute atomic E-state index is 0.447. The Balaban J connectivity index is 4.83. The van der Waals surface area contributed by atoms with Crippen molar-refractivity contribution >= 4 is 15.7 Å². The van der Waals surface area contributed by atoms with Crippen molar-refractivity contribution in [1.82, 2.24) is 5.32 Å². The van der Waals surface area contributed by atoms with Gasteiger partial charge in [-0.25, -0.2) is 8.42 Å². The molecule has 0 bridgehead atoms. The van der Waals surface area contributed by atoms with Gasteiger partial charge in [-0.3, -0.25) is 4.79 Å². The van der Waals surface area contributed by atoms with Gasteiger partial charge in [0, 0.05) is 6.26 Å². The lowest BCUT2D eigenvalue weighted by atomic mass is 10.1. The molecule has 5 nitrogen and oxygen atoms in total. The molecule has 15 heavy (non-hydrogen) atoms. The van der Waals surface area contributed by atoms with Crippen LogP contribution in [0.15, 0.2) is 0 Å². The van der Waals surface area contributed by atoms with Gasteiger partial charge in [0.25, 0.3) is 0 Å². The molecule has 6 heteroatoms. The molecule has 0 saturated heterocycles. The second-order valence-electron chi connectivity index (χ2n) is 3.85. The van der Waals surface area contributed by atoms with Gasteiger partial charge in [0.2, 0.25) is 5.91 Å². The first kappa shape index (κ1) is 13.9. The second-order valence-corrected chi connectivity index (χ2v) is 6.41. The zero-order valence-electron chi connectivity index (χ0n) is 9.36. The summed E-state index contributed by atoms with van der Waals surface area (Å²) in [6, 6.07) is 1.24. The van der Waals surface area contributed by atoms with Crippen molar-refractivity contribution in [2.45, 2.75) is 38.0 Å².